The molecule has 0 unspecified atom stereocenters. The Hall–Kier alpha value is -2.92. The molecule has 2 N–H and O–H groups in total. The van der Waals surface area contributed by atoms with Gasteiger partial charge in [0.1, 0.15) is 0 Å². The van der Waals surface area contributed by atoms with Gasteiger partial charge in [0.2, 0.25) is 11.8 Å². The summed E-state index contributed by atoms with van der Waals surface area (Å²) in [5.74, 6) is -0.162. The van der Waals surface area contributed by atoms with Crippen molar-refractivity contribution >= 4 is 23.6 Å². The fourth-order valence-corrected chi connectivity index (χ4v) is 3.38. The molecule has 3 rings (SSSR count). The second kappa shape index (κ2) is 9.85. The van der Waals surface area contributed by atoms with Crippen LogP contribution in [0.4, 0.5) is 5.69 Å². The molecule has 0 aliphatic carbocycles. The van der Waals surface area contributed by atoms with Crippen LogP contribution < -0.4 is 10.6 Å². The number of rotatable bonds is 6. The zero-order valence-corrected chi connectivity index (χ0v) is 16.2. The highest BCUT2D eigenvalue weighted by Crippen LogP contribution is 2.14. The lowest BCUT2D eigenvalue weighted by Gasteiger charge is -2.32. The van der Waals surface area contributed by atoms with Crippen molar-refractivity contribution in [3.63, 3.8) is 0 Å². The number of likely N-dealkylation sites (tertiary alicyclic amines) is 1. The lowest BCUT2D eigenvalue weighted by Crippen LogP contribution is -2.43. The molecule has 0 spiro atoms. The normalized spacial score (nSPS) is 15.5. The third-order valence-corrected chi connectivity index (χ3v) is 4.84. The van der Waals surface area contributed by atoms with Crippen molar-refractivity contribution in [2.75, 3.05) is 18.4 Å². The van der Waals surface area contributed by atoms with E-state index >= 15 is 0 Å². The first kappa shape index (κ1) is 19.8. The van der Waals surface area contributed by atoms with Gasteiger partial charge in [-0.05, 0) is 42.2 Å². The summed E-state index contributed by atoms with van der Waals surface area (Å²) in [5, 5.41) is 5.83. The van der Waals surface area contributed by atoms with Crippen LogP contribution in [0.25, 0.3) is 6.08 Å². The lowest BCUT2D eigenvalue weighted by atomic mass is 10.0. The Morgan fingerprint density at radius 2 is 1.71 bits per heavy atom. The van der Waals surface area contributed by atoms with Crippen molar-refractivity contribution in [1.29, 1.82) is 0 Å². The molecule has 5 nitrogen and oxygen atoms in total. The smallest absolute Gasteiger partial charge is 0.244 e. The van der Waals surface area contributed by atoms with E-state index in [0.717, 1.165) is 43.7 Å². The molecule has 0 aromatic heterocycles. The first-order valence-electron chi connectivity index (χ1n) is 9.71. The second-order valence-electron chi connectivity index (χ2n) is 7.18. The maximum absolute atomic E-state index is 12.2. The van der Waals surface area contributed by atoms with Gasteiger partial charge in [-0.2, -0.15) is 0 Å². The van der Waals surface area contributed by atoms with E-state index < -0.39 is 0 Å². The monoisotopic (exact) mass is 377 g/mol. The number of nitrogens with one attached hydrogen (secondary N) is 2. The predicted molar refractivity (Wildman–Crippen MR) is 113 cm³/mol. The molecule has 2 amide bonds. The number of anilines is 1. The Balaban J connectivity index is 1.41. The van der Waals surface area contributed by atoms with E-state index in [2.05, 4.69) is 39.8 Å². The van der Waals surface area contributed by atoms with Gasteiger partial charge in [0.25, 0.3) is 0 Å². The van der Waals surface area contributed by atoms with Gasteiger partial charge in [-0.1, -0.05) is 42.5 Å². The molecule has 1 heterocycles. The molecule has 1 aliphatic heterocycles. The molecule has 146 valence electrons. The molecule has 0 atom stereocenters. The van der Waals surface area contributed by atoms with E-state index in [4.69, 9.17) is 0 Å². The average molecular weight is 377 g/mol. The summed E-state index contributed by atoms with van der Waals surface area (Å²) in [6.07, 6.45) is 5.30. The fraction of sp³-hybridized carbons (Fsp3) is 0.304. The molecular weight excluding hydrogens is 350 g/mol. The van der Waals surface area contributed by atoms with E-state index in [9.17, 15) is 9.59 Å². The van der Waals surface area contributed by atoms with Crippen LogP contribution in [0, 0.1) is 0 Å². The first-order chi connectivity index (χ1) is 13.6. The van der Waals surface area contributed by atoms with Crippen LogP contribution in [0.2, 0.25) is 0 Å². The number of hydrogen-bond acceptors (Lipinski definition) is 3. The molecular formula is C23H27N3O2. The van der Waals surface area contributed by atoms with Crippen molar-refractivity contribution in [3.05, 3.63) is 71.8 Å². The van der Waals surface area contributed by atoms with Crippen molar-refractivity contribution in [2.24, 2.45) is 0 Å². The maximum Gasteiger partial charge on any atom is 0.244 e. The summed E-state index contributed by atoms with van der Waals surface area (Å²) in [4.78, 5) is 25.7. The van der Waals surface area contributed by atoms with Crippen LogP contribution in [0.15, 0.2) is 60.7 Å². The summed E-state index contributed by atoms with van der Waals surface area (Å²) in [5.41, 5.74) is 3.00. The zero-order valence-electron chi connectivity index (χ0n) is 16.2. The van der Waals surface area contributed by atoms with Gasteiger partial charge in [-0.3, -0.25) is 14.5 Å². The van der Waals surface area contributed by atoms with Crippen molar-refractivity contribution in [1.82, 2.24) is 10.2 Å². The van der Waals surface area contributed by atoms with Crippen LogP contribution >= 0.6 is 0 Å². The summed E-state index contributed by atoms with van der Waals surface area (Å²) in [7, 11) is 0. The number of piperidine rings is 1. The van der Waals surface area contributed by atoms with Gasteiger partial charge in [-0.25, -0.2) is 0 Å². The van der Waals surface area contributed by atoms with Crippen molar-refractivity contribution < 1.29 is 9.59 Å². The van der Waals surface area contributed by atoms with E-state index in [1.165, 1.54) is 12.5 Å². The van der Waals surface area contributed by atoms with Gasteiger partial charge in [0.05, 0.1) is 0 Å². The van der Waals surface area contributed by atoms with E-state index in [-0.39, 0.29) is 17.9 Å². The number of carbonyl (C=O) groups excluding carboxylic acids is 2. The van der Waals surface area contributed by atoms with Crippen LogP contribution in [0.1, 0.15) is 30.9 Å². The minimum absolute atomic E-state index is 0.0625. The highest BCUT2D eigenvalue weighted by atomic mass is 16.2. The molecule has 1 saturated heterocycles. The number of carbonyl (C=O) groups is 2. The minimum Gasteiger partial charge on any atom is -0.350 e. The highest BCUT2D eigenvalue weighted by molar-refractivity contribution is 5.92. The molecule has 2 aromatic carbocycles. The van der Waals surface area contributed by atoms with Gasteiger partial charge in [0.15, 0.2) is 0 Å². The topological polar surface area (TPSA) is 61.4 Å². The van der Waals surface area contributed by atoms with Crippen LogP contribution in [0.3, 0.4) is 0 Å². The second-order valence-corrected chi connectivity index (χ2v) is 7.18. The van der Waals surface area contributed by atoms with Gasteiger partial charge < -0.3 is 10.6 Å². The van der Waals surface area contributed by atoms with E-state index in [1.807, 2.05) is 30.3 Å². The van der Waals surface area contributed by atoms with E-state index in [1.54, 1.807) is 12.2 Å². The largest absolute Gasteiger partial charge is 0.350 e. The summed E-state index contributed by atoms with van der Waals surface area (Å²) < 4.78 is 0. The number of amides is 2. The van der Waals surface area contributed by atoms with Crippen molar-refractivity contribution in [2.45, 2.75) is 32.4 Å². The first-order valence-corrected chi connectivity index (χ1v) is 9.71. The molecule has 0 bridgehead atoms. The molecule has 5 heteroatoms. The Morgan fingerprint density at radius 3 is 2.36 bits per heavy atom. The Kier molecular flexibility index (Phi) is 6.98. The van der Waals surface area contributed by atoms with Gasteiger partial charge in [-0.15, -0.1) is 0 Å². The maximum atomic E-state index is 12.2. The number of benzene rings is 2. The van der Waals surface area contributed by atoms with Crippen LogP contribution in [0.5, 0.6) is 0 Å². The molecule has 0 radical (unpaired) electrons. The standard InChI is InChI=1S/C23H27N3O2/c1-18(27)24-21-10-7-19(8-11-21)9-12-23(28)25-22-13-15-26(16-14-22)17-20-5-3-2-4-6-20/h2-12,22H,13-17H2,1H3,(H,24,27)(H,25,28)/b12-9+. The quantitative estimate of drug-likeness (QED) is 0.758. The lowest BCUT2D eigenvalue weighted by molar-refractivity contribution is -0.117. The zero-order chi connectivity index (χ0) is 19.8. The number of nitrogens with zero attached hydrogens (tertiary/aromatic N) is 1. The predicted octanol–water partition coefficient (Wildman–Crippen LogP) is 3.44. The van der Waals surface area contributed by atoms with Crippen LogP contribution in [-0.4, -0.2) is 35.8 Å². The third-order valence-electron chi connectivity index (χ3n) is 4.84. The SMILES string of the molecule is CC(=O)Nc1ccc(/C=C/C(=O)NC2CCN(Cc3ccccc3)CC2)cc1. The summed E-state index contributed by atoms with van der Waals surface area (Å²) in [6, 6.07) is 18.1. The summed E-state index contributed by atoms with van der Waals surface area (Å²) in [6.45, 7) is 4.43. The van der Waals surface area contributed by atoms with Gasteiger partial charge >= 0.3 is 0 Å². The molecule has 2 aromatic rings. The molecule has 0 saturated carbocycles. The molecule has 1 fully saturated rings. The van der Waals surface area contributed by atoms with Crippen LogP contribution in [-0.2, 0) is 16.1 Å². The Morgan fingerprint density at radius 1 is 1.04 bits per heavy atom. The highest BCUT2D eigenvalue weighted by Gasteiger charge is 2.19. The Bertz CT molecular complexity index is 808. The molecule has 1 aliphatic rings. The minimum atomic E-state index is -0.0996. The number of hydrogen-bond donors (Lipinski definition) is 2. The average Bonchev–Trinajstić information content (AvgIpc) is 2.69. The third kappa shape index (κ3) is 6.35. The van der Waals surface area contributed by atoms with Gasteiger partial charge in [0, 0.05) is 44.4 Å². The summed E-state index contributed by atoms with van der Waals surface area (Å²) >= 11 is 0. The Labute approximate surface area is 166 Å². The molecule has 28 heavy (non-hydrogen) atoms. The van der Waals surface area contributed by atoms with E-state index in [0.29, 0.717) is 0 Å². The fourth-order valence-electron chi connectivity index (χ4n) is 3.38. The van der Waals surface area contributed by atoms with Crippen molar-refractivity contribution in [3.8, 4) is 0 Å².